The minimum absolute atomic E-state index is 0.0576. The number of carbonyl (C=O) groups excluding carboxylic acids is 1. The number of hydrogen-bond donors (Lipinski definition) is 2. The summed E-state index contributed by atoms with van der Waals surface area (Å²) in [6, 6.07) is 8.58. The van der Waals surface area contributed by atoms with Crippen LogP contribution in [-0.4, -0.2) is 23.0 Å². The standard InChI is InChI=1S/C28H39NO2/c1-19-5-4-6-20(15-19)17-29-18-28(31)14-13-26(2)21(16-28)7-8-22-23-9-10-25(30)27(23,3)12-11-24(22)26/h4-7,15,22-24,29,31H,8-14,16-18H2,1-3H3. The van der Waals surface area contributed by atoms with Crippen LogP contribution in [0.2, 0.25) is 0 Å². The fourth-order valence-corrected chi connectivity index (χ4v) is 7.90. The molecule has 0 aromatic heterocycles. The second-order valence-corrected chi connectivity index (χ2v) is 11.7. The number of Topliss-reactive ketones (excluding diaryl/α,β-unsaturated/α-hetero) is 1. The van der Waals surface area contributed by atoms with Crippen LogP contribution in [0.1, 0.15) is 76.3 Å². The number of hydrogen-bond acceptors (Lipinski definition) is 3. The van der Waals surface area contributed by atoms with Crippen molar-refractivity contribution in [1.29, 1.82) is 0 Å². The van der Waals surface area contributed by atoms with E-state index in [-0.39, 0.29) is 10.8 Å². The highest BCUT2D eigenvalue weighted by atomic mass is 16.3. The fourth-order valence-electron chi connectivity index (χ4n) is 7.90. The largest absolute Gasteiger partial charge is 0.388 e. The van der Waals surface area contributed by atoms with Crippen LogP contribution in [0.5, 0.6) is 0 Å². The van der Waals surface area contributed by atoms with Crippen molar-refractivity contribution in [3.63, 3.8) is 0 Å². The van der Waals surface area contributed by atoms with E-state index in [0.29, 0.717) is 30.1 Å². The summed E-state index contributed by atoms with van der Waals surface area (Å²) in [7, 11) is 0. The second-order valence-electron chi connectivity index (χ2n) is 11.7. The van der Waals surface area contributed by atoms with Gasteiger partial charge in [0.05, 0.1) is 5.60 Å². The Morgan fingerprint density at radius 3 is 2.71 bits per heavy atom. The van der Waals surface area contributed by atoms with E-state index in [0.717, 1.165) is 51.5 Å². The van der Waals surface area contributed by atoms with E-state index in [1.807, 2.05) is 0 Å². The number of nitrogens with one attached hydrogen (secondary N) is 1. The number of ketones is 1. The molecule has 4 aliphatic rings. The second kappa shape index (κ2) is 7.56. The molecule has 0 bridgehead atoms. The van der Waals surface area contributed by atoms with Gasteiger partial charge < -0.3 is 10.4 Å². The molecule has 0 aliphatic heterocycles. The quantitative estimate of drug-likeness (QED) is 0.645. The molecule has 3 saturated carbocycles. The van der Waals surface area contributed by atoms with Crippen LogP contribution in [0, 0.1) is 35.5 Å². The lowest BCUT2D eigenvalue weighted by molar-refractivity contribution is -0.132. The third-order valence-electron chi connectivity index (χ3n) is 9.83. The third kappa shape index (κ3) is 3.53. The van der Waals surface area contributed by atoms with Gasteiger partial charge in [-0.25, -0.2) is 0 Å². The predicted molar refractivity (Wildman–Crippen MR) is 125 cm³/mol. The summed E-state index contributed by atoms with van der Waals surface area (Å²) in [5.41, 5.74) is 3.56. The molecule has 1 aromatic rings. The minimum Gasteiger partial charge on any atom is -0.388 e. The van der Waals surface area contributed by atoms with Crippen LogP contribution in [0.15, 0.2) is 35.9 Å². The average molecular weight is 422 g/mol. The van der Waals surface area contributed by atoms with Crippen LogP contribution in [0.25, 0.3) is 0 Å². The molecule has 6 unspecified atom stereocenters. The van der Waals surface area contributed by atoms with E-state index in [2.05, 4.69) is 56.4 Å². The van der Waals surface area contributed by atoms with E-state index in [1.165, 1.54) is 23.1 Å². The zero-order chi connectivity index (χ0) is 21.9. The highest BCUT2D eigenvalue weighted by Gasteiger charge is 2.59. The molecule has 5 rings (SSSR count). The number of carbonyl (C=O) groups is 1. The maximum absolute atomic E-state index is 12.6. The number of aryl methyl sites for hydroxylation is 1. The first-order valence-electron chi connectivity index (χ1n) is 12.5. The van der Waals surface area contributed by atoms with Crippen molar-refractivity contribution in [2.45, 2.75) is 84.3 Å². The molecule has 0 radical (unpaired) electrons. The molecular formula is C28H39NO2. The molecule has 0 heterocycles. The first-order valence-corrected chi connectivity index (χ1v) is 12.5. The summed E-state index contributed by atoms with van der Waals surface area (Å²) in [4.78, 5) is 12.6. The molecule has 2 N–H and O–H groups in total. The summed E-state index contributed by atoms with van der Waals surface area (Å²) in [6.45, 7) is 8.30. The number of aliphatic hydroxyl groups is 1. The van der Waals surface area contributed by atoms with Gasteiger partial charge in [-0.3, -0.25) is 4.79 Å². The van der Waals surface area contributed by atoms with Gasteiger partial charge in [-0.15, -0.1) is 0 Å². The van der Waals surface area contributed by atoms with Gasteiger partial charge in [0.2, 0.25) is 0 Å². The van der Waals surface area contributed by atoms with E-state index < -0.39 is 5.60 Å². The topological polar surface area (TPSA) is 49.3 Å². The van der Waals surface area contributed by atoms with Gasteiger partial charge in [0.1, 0.15) is 5.78 Å². The maximum Gasteiger partial charge on any atom is 0.139 e. The average Bonchev–Trinajstić information content (AvgIpc) is 3.04. The summed E-state index contributed by atoms with van der Waals surface area (Å²) in [6.07, 6.45) is 10.5. The molecule has 168 valence electrons. The zero-order valence-electron chi connectivity index (χ0n) is 19.5. The monoisotopic (exact) mass is 421 g/mol. The van der Waals surface area contributed by atoms with Gasteiger partial charge in [0, 0.05) is 24.9 Å². The van der Waals surface area contributed by atoms with Crippen molar-refractivity contribution in [1.82, 2.24) is 5.32 Å². The summed E-state index contributed by atoms with van der Waals surface area (Å²) in [5.74, 6) is 2.43. The van der Waals surface area contributed by atoms with Crippen molar-refractivity contribution in [3.05, 3.63) is 47.0 Å². The molecule has 0 saturated heterocycles. The molecule has 0 amide bonds. The first-order chi connectivity index (χ1) is 14.7. The highest BCUT2D eigenvalue weighted by molar-refractivity contribution is 5.87. The Kier molecular flexibility index (Phi) is 5.22. The maximum atomic E-state index is 12.6. The van der Waals surface area contributed by atoms with Crippen molar-refractivity contribution in [2.24, 2.45) is 28.6 Å². The van der Waals surface area contributed by atoms with Crippen LogP contribution in [0.4, 0.5) is 0 Å². The van der Waals surface area contributed by atoms with Crippen molar-refractivity contribution in [3.8, 4) is 0 Å². The molecule has 3 fully saturated rings. The lowest BCUT2D eigenvalue weighted by atomic mass is 9.47. The number of fused-ring (bicyclic) bond motifs is 5. The minimum atomic E-state index is -0.644. The van der Waals surface area contributed by atoms with Crippen LogP contribution in [-0.2, 0) is 11.3 Å². The fraction of sp³-hybridized carbons (Fsp3) is 0.679. The van der Waals surface area contributed by atoms with Gasteiger partial charge in [0.25, 0.3) is 0 Å². The lowest BCUT2D eigenvalue weighted by Gasteiger charge is -2.58. The zero-order valence-corrected chi connectivity index (χ0v) is 19.5. The van der Waals surface area contributed by atoms with Crippen molar-refractivity contribution < 1.29 is 9.90 Å². The molecule has 3 heteroatoms. The van der Waals surface area contributed by atoms with Gasteiger partial charge in [-0.05, 0) is 80.6 Å². The van der Waals surface area contributed by atoms with Crippen LogP contribution < -0.4 is 5.32 Å². The normalized spacial score (nSPS) is 41.9. The molecular weight excluding hydrogens is 382 g/mol. The summed E-state index contributed by atoms with van der Waals surface area (Å²) < 4.78 is 0. The Morgan fingerprint density at radius 2 is 1.90 bits per heavy atom. The lowest BCUT2D eigenvalue weighted by Crippen LogP contribution is -2.53. The first kappa shape index (κ1) is 21.4. The molecule has 4 aliphatic carbocycles. The number of benzene rings is 1. The van der Waals surface area contributed by atoms with Crippen LogP contribution in [0.3, 0.4) is 0 Å². The molecule has 6 atom stereocenters. The van der Waals surface area contributed by atoms with E-state index in [1.54, 1.807) is 0 Å². The number of allylic oxidation sites excluding steroid dienone is 1. The Balaban J connectivity index is 1.28. The summed E-state index contributed by atoms with van der Waals surface area (Å²) in [5, 5.41) is 15.0. The third-order valence-corrected chi connectivity index (χ3v) is 9.83. The smallest absolute Gasteiger partial charge is 0.139 e. The van der Waals surface area contributed by atoms with Gasteiger partial charge in [-0.2, -0.15) is 0 Å². The van der Waals surface area contributed by atoms with E-state index in [4.69, 9.17) is 0 Å². The van der Waals surface area contributed by atoms with Crippen molar-refractivity contribution in [2.75, 3.05) is 6.54 Å². The summed E-state index contributed by atoms with van der Waals surface area (Å²) >= 11 is 0. The molecule has 0 spiro atoms. The predicted octanol–water partition coefficient (Wildman–Crippen LogP) is 5.35. The molecule has 1 aromatic carbocycles. The SMILES string of the molecule is Cc1cccc(CNCC2(O)CCC3(C)C(=CCC4C5CCC(=O)C5(C)CCC43)C2)c1. The number of rotatable bonds is 4. The van der Waals surface area contributed by atoms with Gasteiger partial charge >= 0.3 is 0 Å². The Hall–Kier alpha value is -1.45. The Labute approximate surface area is 187 Å². The molecule has 3 nitrogen and oxygen atoms in total. The Morgan fingerprint density at radius 1 is 1.10 bits per heavy atom. The van der Waals surface area contributed by atoms with Gasteiger partial charge in [-0.1, -0.05) is 55.3 Å². The Bertz CT molecular complexity index is 906. The highest BCUT2D eigenvalue weighted by Crippen LogP contribution is 2.64. The van der Waals surface area contributed by atoms with Crippen molar-refractivity contribution >= 4 is 5.78 Å². The van der Waals surface area contributed by atoms with Gasteiger partial charge in [0.15, 0.2) is 0 Å². The van der Waals surface area contributed by atoms with E-state index >= 15 is 0 Å². The molecule has 31 heavy (non-hydrogen) atoms. The van der Waals surface area contributed by atoms with E-state index in [9.17, 15) is 9.90 Å². The van der Waals surface area contributed by atoms with Crippen LogP contribution >= 0.6 is 0 Å².